The van der Waals surface area contributed by atoms with Crippen LogP contribution in [0.4, 0.5) is 4.39 Å². The molecule has 0 saturated carbocycles. The van der Waals surface area contributed by atoms with Crippen molar-refractivity contribution in [3.8, 4) is 0 Å². The summed E-state index contributed by atoms with van der Waals surface area (Å²) in [7, 11) is 0. The Morgan fingerprint density at radius 3 is 2.50 bits per heavy atom. The molecule has 3 heteroatoms. The number of benzene rings is 1. The number of hydrogen-bond acceptors (Lipinski definition) is 2. The van der Waals surface area contributed by atoms with Gasteiger partial charge in [-0.1, -0.05) is 12.1 Å². The Hall–Kier alpha value is -1.05. The number of thiocarbonyl (C=S) groups is 1. The molecule has 0 aromatic heterocycles. The molecular formula is C9H8FNS. The molecule has 1 aromatic rings. The molecule has 0 N–H and O–H groups in total. The zero-order valence-electron chi connectivity index (χ0n) is 6.62. The molecule has 0 aliphatic carbocycles. The maximum atomic E-state index is 12.5. The van der Waals surface area contributed by atoms with Crippen LogP contribution in [-0.2, 0) is 0 Å². The number of nitrogens with zero attached hydrogens (tertiary/aromatic N) is 1. The molecule has 0 aliphatic heterocycles. The van der Waals surface area contributed by atoms with E-state index in [2.05, 4.69) is 22.4 Å². The van der Waals surface area contributed by atoms with Crippen LogP contribution in [0, 0.1) is 5.82 Å². The summed E-state index contributed by atoms with van der Waals surface area (Å²) >= 11 is 4.46. The zero-order chi connectivity index (χ0) is 8.97. The summed E-state index contributed by atoms with van der Waals surface area (Å²) in [6.45, 7) is 1.88. The van der Waals surface area contributed by atoms with Crippen LogP contribution in [0.5, 0.6) is 0 Å². The van der Waals surface area contributed by atoms with Gasteiger partial charge in [-0.25, -0.2) is 9.38 Å². The molecule has 0 unspecified atom stereocenters. The molecule has 0 fully saturated rings. The molecule has 62 valence electrons. The molecule has 0 saturated heterocycles. The van der Waals surface area contributed by atoms with Gasteiger partial charge in [-0.15, -0.1) is 0 Å². The van der Waals surface area contributed by atoms with Crippen molar-refractivity contribution in [3.63, 3.8) is 0 Å². The lowest BCUT2D eigenvalue weighted by atomic mass is 10.1. The number of halogens is 1. The molecule has 0 amide bonds. The van der Waals surface area contributed by atoms with Crippen LogP contribution in [0.25, 0.3) is 0 Å². The van der Waals surface area contributed by atoms with E-state index < -0.39 is 0 Å². The summed E-state index contributed by atoms with van der Waals surface area (Å²) in [5.74, 6) is -0.239. The fourth-order valence-corrected chi connectivity index (χ4v) is 1.05. The van der Waals surface area contributed by atoms with Gasteiger partial charge >= 0.3 is 0 Å². The second-order valence-electron chi connectivity index (χ2n) is 2.45. The number of hydrogen-bond donors (Lipinski definition) is 0. The predicted octanol–water partition coefficient (Wildman–Crippen LogP) is 2.99. The highest BCUT2D eigenvalue weighted by atomic mass is 32.1. The third kappa shape index (κ3) is 2.22. The molecule has 12 heavy (non-hydrogen) atoms. The van der Waals surface area contributed by atoms with Crippen molar-refractivity contribution < 1.29 is 4.39 Å². The molecule has 0 heterocycles. The van der Waals surface area contributed by atoms with Gasteiger partial charge in [0.25, 0.3) is 0 Å². The van der Waals surface area contributed by atoms with E-state index in [9.17, 15) is 4.39 Å². The highest BCUT2D eigenvalue weighted by Gasteiger charge is 2.01. The molecule has 1 aromatic carbocycles. The van der Waals surface area contributed by atoms with E-state index in [0.717, 1.165) is 5.56 Å². The van der Waals surface area contributed by atoms with Crippen molar-refractivity contribution in [2.24, 2.45) is 4.99 Å². The standard InChI is InChI=1S/C9H8FNS/c1-7(11-6-12)8-2-4-9(10)5-3-8/h2-5,7H,1H3/t7-/m1/s1. The third-order valence-electron chi connectivity index (χ3n) is 1.60. The van der Waals surface area contributed by atoms with Crippen LogP contribution in [0.15, 0.2) is 29.3 Å². The Morgan fingerprint density at radius 1 is 1.42 bits per heavy atom. The van der Waals surface area contributed by atoms with Gasteiger partial charge in [0.05, 0.1) is 11.2 Å². The molecular weight excluding hydrogens is 173 g/mol. The van der Waals surface area contributed by atoms with Gasteiger partial charge in [0.15, 0.2) is 0 Å². The summed E-state index contributed by atoms with van der Waals surface area (Å²) < 4.78 is 12.5. The average Bonchev–Trinajstić information content (AvgIpc) is 2.06. The molecule has 0 radical (unpaired) electrons. The first-order valence-electron chi connectivity index (χ1n) is 3.56. The summed E-state index contributed by atoms with van der Waals surface area (Å²) in [4.78, 5) is 3.87. The van der Waals surface area contributed by atoms with Gasteiger partial charge in [-0.2, -0.15) is 0 Å². The first-order chi connectivity index (χ1) is 5.74. The zero-order valence-corrected chi connectivity index (χ0v) is 7.44. The topological polar surface area (TPSA) is 12.4 Å². The quantitative estimate of drug-likeness (QED) is 0.504. The van der Waals surface area contributed by atoms with E-state index in [-0.39, 0.29) is 11.9 Å². The van der Waals surface area contributed by atoms with Crippen LogP contribution in [0.3, 0.4) is 0 Å². The lowest BCUT2D eigenvalue weighted by Gasteiger charge is -2.02. The SMILES string of the molecule is C[C@@H](N=C=S)c1ccc(F)cc1. The Morgan fingerprint density at radius 2 is 2.00 bits per heavy atom. The van der Waals surface area contributed by atoms with Crippen molar-refractivity contribution in [1.82, 2.24) is 0 Å². The Bertz CT molecular complexity index is 301. The summed E-state index contributed by atoms with van der Waals surface area (Å²) in [6.07, 6.45) is 0. The number of aliphatic imine (C=N–C) groups is 1. The maximum absolute atomic E-state index is 12.5. The highest BCUT2D eigenvalue weighted by molar-refractivity contribution is 7.78. The Kier molecular flexibility index (Phi) is 3.09. The molecule has 1 rings (SSSR count). The van der Waals surface area contributed by atoms with Crippen LogP contribution < -0.4 is 0 Å². The normalized spacial score (nSPS) is 11.8. The number of isothiocyanates is 1. The summed E-state index contributed by atoms with van der Waals surface area (Å²) in [5.41, 5.74) is 0.939. The average molecular weight is 181 g/mol. The lowest BCUT2D eigenvalue weighted by molar-refractivity contribution is 0.626. The van der Waals surface area contributed by atoms with Crippen molar-refractivity contribution in [2.45, 2.75) is 13.0 Å². The van der Waals surface area contributed by atoms with Gasteiger partial charge in [-0.3, -0.25) is 0 Å². The van der Waals surface area contributed by atoms with Crippen molar-refractivity contribution >= 4 is 17.4 Å². The van der Waals surface area contributed by atoms with E-state index in [1.165, 1.54) is 12.1 Å². The molecule has 0 spiro atoms. The highest BCUT2D eigenvalue weighted by Crippen LogP contribution is 2.15. The largest absolute Gasteiger partial charge is 0.225 e. The second-order valence-corrected chi connectivity index (χ2v) is 2.63. The van der Waals surface area contributed by atoms with Gasteiger partial charge in [0, 0.05) is 0 Å². The van der Waals surface area contributed by atoms with Gasteiger partial charge in [0.2, 0.25) is 0 Å². The first-order valence-corrected chi connectivity index (χ1v) is 3.97. The minimum Gasteiger partial charge on any atom is -0.225 e. The van der Waals surface area contributed by atoms with E-state index in [0.29, 0.717) is 0 Å². The second kappa shape index (κ2) is 4.10. The van der Waals surface area contributed by atoms with Crippen molar-refractivity contribution in [2.75, 3.05) is 0 Å². The fourth-order valence-electron chi connectivity index (χ4n) is 0.895. The number of rotatable bonds is 2. The summed E-state index contributed by atoms with van der Waals surface area (Å²) in [5, 5.41) is 2.30. The molecule has 0 bridgehead atoms. The molecule has 1 nitrogen and oxygen atoms in total. The lowest BCUT2D eigenvalue weighted by Crippen LogP contribution is -1.88. The van der Waals surface area contributed by atoms with E-state index >= 15 is 0 Å². The van der Waals surface area contributed by atoms with Crippen molar-refractivity contribution in [3.05, 3.63) is 35.6 Å². The molecule has 1 atom stereocenters. The van der Waals surface area contributed by atoms with Crippen LogP contribution in [0.1, 0.15) is 18.5 Å². The first kappa shape index (κ1) is 9.04. The van der Waals surface area contributed by atoms with Crippen molar-refractivity contribution in [1.29, 1.82) is 0 Å². The summed E-state index contributed by atoms with van der Waals surface area (Å²) in [6, 6.07) is 6.16. The van der Waals surface area contributed by atoms with E-state index in [1.807, 2.05) is 6.92 Å². The third-order valence-corrected chi connectivity index (χ3v) is 1.70. The van der Waals surface area contributed by atoms with Crippen LogP contribution in [0.2, 0.25) is 0 Å². The fraction of sp³-hybridized carbons (Fsp3) is 0.222. The molecule has 0 aliphatic rings. The Balaban J connectivity index is 2.89. The monoisotopic (exact) mass is 181 g/mol. The van der Waals surface area contributed by atoms with Gasteiger partial charge in [-0.05, 0) is 36.8 Å². The minimum absolute atomic E-state index is 0.0388. The Labute approximate surface area is 75.9 Å². The minimum atomic E-state index is -0.239. The van der Waals surface area contributed by atoms with Crippen LogP contribution >= 0.6 is 12.2 Å². The van der Waals surface area contributed by atoms with E-state index in [4.69, 9.17) is 0 Å². The maximum Gasteiger partial charge on any atom is 0.123 e. The predicted molar refractivity (Wildman–Crippen MR) is 49.8 cm³/mol. The van der Waals surface area contributed by atoms with Gasteiger partial charge in [0.1, 0.15) is 5.82 Å². The van der Waals surface area contributed by atoms with Gasteiger partial charge < -0.3 is 0 Å². The smallest absolute Gasteiger partial charge is 0.123 e. The van der Waals surface area contributed by atoms with Crippen LogP contribution in [-0.4, -0.2) is 5.16 Å². The van der Waals surface area contributed by atoms with E-state index in [1.54, 1.807) is 12.1 Å².